The Morgan fingerprint density at radius 2 is 1.44 bits per heavy atom. The summed E-state index contributed by atoms with van der Waals surface area (Å²) in [5, 5.41) is 2.79. The van der Waals surface area contributed by atoms with Crippen LogP contribution in [0.25, 0.3) is 12.2 Å². The van der Waals surface area contributed by atoms with Crippen molar-refractivity contribution in [3.63, 3.8) is 0 Å². The lowest BCUT2D eigenvalue weighted by atomic mass is 10.1. The van der Waals surface area contributed by atoms with Crippen molar-refractivity contribution in [3.8, 4) is 23.0 Å². The molecule has 6 nitrogen and oxygen atoms in total. The second-order valence-corrected chi connectivity index (χ2v) is 5.77. The van der Waals surface area contributed by atoms with Gasteiger partial charge in [-0.05, 0) is 35.4 Å². The van der Waals surface area contributed by atoms with Crippen molar-refractivity contribution in [2.24, 2.45) is 0 Å². The Kier molecular flexibility index (Phi) is 7.11. The first-order valence-electron chi connectivity index (χ1n) is 8.41. The smallest absolute Gasteiger partial charge is 0.217 e. The molecule has 0 heterocycles. The highest BCUT2D eigenvalue weighted by Crippen LogP contribution is 2.38. The van der Waals surface area contributed by atoms with E-state index < -0.39 is 0 Å². The summed E-state index contributed by atoms with van der Waals surface area (Å²) in [6, 6.07) is 9.55. The standard InChI is InChI=1S/C21H25NO5/c1-14(23)22-13-17-10-15(8-9-18(17)24-2)6-7-16-11-19(25-3)21(27-5)20(12-16)26-4/h6-12H,13H2,1-5H3,(H,22,23)/b7-6-. The molecule has 2 rings (SSSR count). The van der Waals surface area contributed by atoms with Crippen molar-refractivity contribution in [2.75, 3.05) is 28.4 Å². The number of rotatable bonds is 8. The van der Waals surface area contributed by atoms with Crippen molar-refractivity contribution < 1.29 is 23.7 Å². The fraction of sp³-hybridized carbons (Fsp3) is 0.286. The van der Waals surface area contributed by atoms with Crippen molar-refractivity contribution in [3.05, 3.63) is 47.0 Å². The van der Waals surface area contributed by atoms with Gasteiger partial charge in [-0.15, -0.1) is 0 Å². The van der Waals surface area contributed by atoms with Crippen LogP contribution in [0, 0.1) is 0 Å². The van der Waals surface area contributed by atoms with E-state index in [1.807, 2.05) is 42.5 Å². The number of hydrogen-bond acceptors (Lipinski definition) is 5. The van der Waals surface area contributed by atoms with Crippen LogP contribution in [0.4, 0.5) is 0 Å². The molecule has 0 bridgehead atoms. The van der Waals surface area contributed by atoms with Crippen LogP contribution < -0.4 is 24.3 Å². The largest absolute Gasteiger partial charge is 0.496 e. The van der Waals surface area contributed by atoms with E-state index in [4.69, 9.17) is 18.9 Å². The fourth-order valence-corrected chi connectivity index (χ4v) is 2.65. The van der Waals surface area contributed by atoms with Gasteiger partial charge in [-0.25, -0.2) is 0 Å². The topological polar surface area (TPSA) is 66.0 Å². The van der Waals surface area contributed by atoms with Crippen LogP contribution in [0.1, 0.15) is 23.6 Å². The van der Waals surface area contributed by atoms with E-state index in [2.05, 4.69) is 5.32 Å². The van der Waals surface area contributed by atoms with E-state index in [0.29, 0.717) is 23.8 Å². The highest BCUT2D eigenvalue weighted by atomic mass is 16.5. The molecule has 0 atom stereocenters. The molecule has 0 spiro atoms. The monoisotopic (exact) mass is 371 g/mol. The third-order valence-electron chi connectivity index (χ3n) is 3.99. The molecule has 0 aliphatic rings. The molecule has 0 aliphatic heterocycles. The summed E-state index contributed by atoms with van der Waals surface area (Å²) in [5.41, 5.74) is 2.79. The molecule has 27 heavy (non-hydrogen) atoms. The van der Waals surface area contributed by atoms with Gasteiger partial charge in [-0.3, -0.25) is 4.79 Å². The maximum Gasteiger partial charge on any atom is 0.217 e. The molecular weight excluding hydrogens is 346 g/mol. The first kappa shape index (κ1) is 20.2. The van der Waals surface area contributed by atoms with Crippen LogP contribution in [-0.2, 0) is 11.3 Å². The summed E-state index contributed by atoms with van der Waals surface area (Å²) in [6.45, 7) is 1.89. The fourth-order valence-electron chi connectivity index (χ4n) is 2.65. The summed E-state index contributed by atoms with van der Waals surface area (Å²) < 4.78 is 21.5. The van der Waals surface area contributed by atoms with Crippen molar-refractivity contribution in [1.82, 2.24) is 5.32 Å². The number of methoxy groups -OCH3 is 4. The third kappa shape index (κ3) is 5.17. The number of carbonyl (C=O) groups excluding carboxylic acids is 1. The summed E-state index contributed by atoms with van der Waals surface area (Å²) in [6.07, 6.45) is 3.92. The molecule has 6 heteroatoms. The summed E-state index contributed by atoms with van der Waals surface area (Å²) in [4.78, 5) is 11.2. The predicted octanol–water partition coefficient (Wildman–Crippen LogP) is 3.53. The summed E-state index contributed by atoms with van der Waals surface area (Å²) >= 11 is 0. The second-order valence-electron chi connectivity index (χ2n) is 5.77. The van der Waals surface area contributed by atoms with E-state index in [-0.39, 0.29) is 5.91 Å². The lowest BCUT2D eigenvalue weighted by Gasteiger charge is -2.13. The molecule has 0 saturated carbocycles. The van der Waals surface area contributed by atoms with Crippen molar-refractivity contribution >= 4 is 18.1 Å². The van der Waals surface area contributed by atoms with Crippen LogP contribution in [0.15, 0.2) is 30.3 Å². The first-order chi connectivity index (χ1) is 13.0. The Hall–Kier alpha value is -3.15. The molecule has 1 amide bonds. The molecule has 0 aliphatic carbocycles. The van der Waals surface area contributed by atoms with E-state index in [1.54, 1.807) is 28.4 Å². The summed E-state index contributed by atoms with van der Waals surface area (Å²) in [5.74, 6) is 2.39. The highest BCUT2D eigenvalue weighted by Gasteiger charge is 2.12. The first-order valence-corrected chi connectivity index (χ1v) is 8.41. The van der Waals surface area contributed by atoms with Gasteiger partial charge in [0.15, 0.2) is 11.5 Å². The summed E-state index contributed by atoms with van der Waals surface area (Å²) in [7, 11) is 6.35. The second kappa shape index (κ2) is 9.52. The zero-order valence-corrected chi connectivity index (χ0v) is 16.3. The van der Waals surface area contributed by atoms with Crippen molar-refractivity contribution in [2.45, 2.75) is 13.5 Å². The van der Waals surface area contributed by atoms with E-state index in [0.717, 1.165) is 22.4 Å². The van der Waals surface area contributed by atoms with Gasteiger partial charge in [-0.2, -0.15) is 0 Å². The van der Waals surface area contributed by atoms with Crippen molar-refractivity contribution in [1.29, 1.82) is 0 Å². The van der Waals surface area contributed by atoms with Crippen LogP contribution in [0.5, 0.6) is 23.0 Å². The van der Waals surface area contributed by atoms with Gasteiger partial charge in [-0.1, -0.05) is 18.2 Å². The molecule has 0 unspecified atom stereocenters. The van der Waals surface area contributed by atoms with Crippen LogP contribution in [0.2, 0.25) is 0 Å². The maximum atomic E-state index is 11.2. The van der Waals surface area contributed by atoms with Gasteiger partial charge in [0.2, 0.25) is 11.7 Å². The lowest BCUT2D eigenvalue weighted by molar-refractivity contribution is -0.119. The Morgan fingerprint density at radius 1 is 0.852 bits per heavy atom. The molecule has 0 radical (unpaired) electrons. The Bertz CT molecular complexity index is 804. The minimum absolute atomic E-state index is 0.0876. The minimum Gasteiger partial charge on any atom is -0.496 e. The molecule has 0 saturated heterocycles. The molecule has 2 aromatic rings. The van der Waals surface area contributed by atoms with Crippen LogP contribution in [0.3, 0.4) is 0 Å². The van der Waals surface area contributed by atoms with E-state index in [1.165, 1.54) is 6.92 Å². The Morgan fingerprint density at radius 3 is 1.96 bits per heavy atom. The average molecular weight is 371 g/mol. The molecule has 0 aromatic heterocycles. The maximum absolute atomic E-state index is 11.2. The number of amides is 1. The number of ether oxygens (including phenoxy) is 4. The Labute approximate surface area is 159 Å². The number of benzene rings is 2. The Balaban J connectivity index is 2.32. The quantitative estimate of drug-likeness (QED) is 0.719. The zero-order chi connectivity index (χ0) is 19.8. The lowest BCUT2D eigenvalue weighted by Crippen LogP contribution is -2.19. The van der Waals surface area contributed by atoms with Gasteiger partial charge in [0, 0.05) is 19.0 Å². The van der Waals surface area contributed by atoms with Gasteiger partial charge in [0.1, 0.15) is 5.75 Å². The van der Waals surface area contributed by atoms with Crippen LogP contribution in [-0.4, -0.2) is 34.3 Å². The molecule has 1 N–H and O–H groups in total. The number of carbonyl (C=O) groups is 1. The van der Waals surface area contributed by atoms with Gasteiger partial charge in [0.25, 0.3) is 0 Å². The highest BCUT2D eigenvalue weighted by molar-refractivity contribution is 5.74. The zero-order valence-electron chi connectivity index (χ0n) is 16.3. The number of nitrogens with one attached hydrogen (secondary N) is 1. The normalized spacial score (nSPS) is 10.6. The van der Waals surface area contributed by atoms with E-state index >= 15 is 0 Å². The third-order valence-corrected chi connectivity index (χ3v) is 3.99. The molecule has 0 fully saturated rings. The van der Waals surface area contributed by atoms with Gasteiger partial charge in [0.05, 0.1) is 28.4 Å². The number of hydrogen-bond donors (Lipinski definition) is 1. The van der Waals surface area contributed by atoms with Gasteiger partial charge < -0.3 is 24.3 Å². The average Bonchev–Trinajstić information content (AvgIpc) is 2.69. The predicted molar refractivity (Wildman–Crippen MR) is 106 cm³/mol. The molecule has 2 aromatic carbocycles. The van der Waals surface area contributed by atoms with Crippen LogP contribution >= 0.6 is 0 Å². The molecule has 144 valence electrons. The SMILES string of the molecule is COc1ccc(/C=C\c2cc(OC)c(OC)c(OC)c2)cc1CNC(C)=O. The van der Waals surface area contributed by atoms with Gasteiger partial charge >= 0.3 is 0 Å². The molecular formula is C21H25NO5. The van der Waals surface area contributed by atoms with E-state index in [9.17, 15) is 4.79 Å². The minimum atomic E-state index is -0.0876.